The number of rotatable bonds is 9. The summed E-state index contributed by atoms with van der Waals surface area (Å²) >= 11 is 0. The third-order valence-electron chi connectivity index (χ3n) is 7.69. The molecular formula is C32H37NO4. The molecular weight excluding hydrogens is 462 g/mol. The van der Waals surface area contributed by atoms with Crippen molar-refractivity contribution < 1.29 is 19.1 Å². The number of methoxy groups -OCH3 is 1. The first-order chi connectivity index (χ1) is 18.0. The van der Waals surface area contributed by atoms with Gasteiger partial charge in [-0.1, -0.05) is 90.5 Å². The minimum absolute atomic E-state index is 0.0701. The molecule has 0 aliphatic heterocycles. The highest BCUT2D eigenvalue weighted by molar-refractivity contribution is 5.69. The van der Waals surface area contributed by atoms with E-state index in [1.807, 2.05) is 72.5 Å². The summed E-state index contributed by atoms with van der Waals surface area (Å²) in [5.74, 6) is -0.178. The fourth-order valence-electron chi connectivity index (χ4n) is 5.42. The molecule has 3 aromatic rings. The van der Waals surface area contributed by atoms with E-state index in [0.29, 0.717) is 13.0 Å². The van der Waals surface area contributed by atoms with Crippen LogP contribution < -0.4 is 0 Å². The first-order valence-corrected chi connectivity index (χ1v) is 13.1. The van der Waals surface area contributed by atoms with Crippen LogP contribution >= 0.6 is 0 Å². The zero-order chi connectivity index (χ0) is 26.1. The predicted molar refractivity (Wildman–Crippen MR) is 145 cm³/mol. The number of benzene rings is 3. The van der Waals surface area contributed by atoms with Gasteiger partial charge in [0.25, 0.3) is 0 Å². The van der Waals surface area contributed by atoms with Crippen molar-refractivity contribution >= 4 is 12.1 Å². The largest absolute Gasteiger partial charge is 0.469 e. The standard InChI is InChI=1S/C32H37NO4/c1-25-13-15-27(16-14-25)24-37-31(35)33(23-26-9-5-3-6-10-26)29-17-20-32(21-18-29,22-19-30(34)36-2)28-11-7-4-8-12-28/h3-16,29H,17-24H2,1-2H3. The summed E-state index contributed by atoms with van der Waals surface area (Å²) in [5.41, 5.74) is 4.40. The van der Waals surface area contributed by atoms with Crippen LogP contribution in [-0.2, 0) is 32.8 Å². The molecule has 1 amide bonds. The van der Waals surface area contributed by atoms with E-state index in [0.717, 1.165) is 43.2 Å². The van der Waals surface area contributed by atoms with E-state index in [1.165, 1.54) is 18.2 Å². The van der Waals surface area contributed by atoms with Crippen LogP contribution in [0.25, 0.3) is 0 Å². The fourth-order valence-corrected chi connectivity index (χ4v) is 5.42. The molecule has 0 atom stereocenters. The van der Waals surface area contributed by atoms with Gasteiger partial charge < -0.3 is 14.4 Å². The predicted octanol–water partition coefficient (Wildman–Crippen LogP) is 6.97. The Labute approximate surface area is 220 Å². The van der Waals surface area contributed by atoms with Gasteiger partial charge >= 0.3 is 12.1 Å². The minimum atomic E-state index is -0.281. The lowest BCUT2D eigenvalue weighted by Gasteiger charge is -2.44. The highest BCUT2D eigenvalue weighted by atomic mass is 16.6. The molecule has 0 bridgehead atoms. The van der Waals surface area contributed by atoms with E-state index in [9.17, 15) is 9.59 Å². The maximum Gasteiger partial charge on any atom is 0.410 e. The molecule has 1 fully saturated rings. The quantitative estimate of drug-likeness (QED) is 0.298. The highest BCUT2D eigenvalue weighted by Crippen LogP contribution is 2.44. The molecule has 3 aromatic carbocycles. The molecule has 37 heavy (non-hydrogen) atoms. The maximum atomic E-state index is 13.4. The Bertz CT molecular complexity index is 1140. The lowest BCUT2D eigenvalue weighted by atomic mass is 9.65. The Hall–Kier alpha value is -3.60. The summed E-state index contributed by atoms with van der Waals surface area (Å²) in [6.45, 7) is 2.81. The molecule has 0 aromatic heterocycles. The molecule has 0 radical (unpaired) electrons. The Morgan fingerprint density at radius 2 is 1.49 bits per heavy atom. The van der Waals surface area contributed by atoms with Crippen LogP contribution in [0.5, 0.6) is 0 Å². The minimum Gasteiger partial charge on any atom is -0.469 e. The van der Waals surface area contributed by atoms with Crippen molar-refractivity contribution in [2.24, 2.45) is 0 Å². The Morgan fingerprint density at radius 3 is 2.11 bits per heavy atom. The molecule has 1 aliphatic carbocycles. The van der Waals surface area contributed by atoms with Crippen LogP contribution in [-0.4, -0.2) is 30.1 Å². The molecule has 0 saturated heterocycles. The SMILES string of the molecule is COC(=O)CCC1(c2ccccc2)CCC(N(Cc2ccccc2)C(=O)OCc2ccc(C)cc2)CC1. The van der Waals surface area contributed by atoms with Gasteiger partial charge in [-0.25, -0.2) is 4.79 Å². The molecule has 0 heterocycles. The topological polar surface area (TPSA) is 55.8 Å². The highest BCUT2D eigenvalue weighted by Gasteiger charge is 2.40. The molecule has 0 spiro atoms. The lowest BCUT2D eigenvalue weighted by Crippen LogP contribution is -2.45. The fraction of sp³-hybridized carbons (Fsp3) is 0.375. The number of aryl methyl sites for hydroxylation is 1. The van der Waals surface area contributed by atoms with E-state index in [1.54, 1.807) is 0 Å². The van der Waals surface area contributed by atoms with Gasteiger partial charge in [0, 0.05) is 19.0 Å². The summed E-state index contributed by atoms with van der Waals surface area (Å²) in [6.07, 6.45) is 4.35. The number of nitrogens with zero attached hydrogens (tertiary/aromatic N) is 1. The number of ether oxygens (including phenoxy) is 2. The Morgan fingerprint density at radius 1 is 0.865 bits per heavy atom. The van der Waals surface area contributed by atoms with Crippen molar-refractivity contribution in [3.8, 4) is 0 Å². The molecule has 5 nitrogen and oxygen atoms in total. The van der Waals surface area contributed by atoms with E-state index in [4.69, 9.17) is 9.47 Å². The Kier molecular flexibility index (Phi) is 8.99. The van der Waals surface area contributed by atoms with E-state index in [-0.39, 0.29) is 30.1 Å². The molecule has 1 aliphatic rings. The second kappa shape index (κ2) is 12.6. The molecule has 194 valence electrons. The summed E-state index contributed by atoms with van der Waals surface area (Å²) in [5, 5.41) is 0. The van der Waals surface area contributed by atoms with Gasteiger partial charge in [-0.2, -0.15) is 0 Å². The van der Waals surface area contributed by atoms with Gasteiger partial charge in [0.15, 0.2) is 0 Å². The molecule has 1 saturated carbocycles. The van der Waals surface area contributed by atoms with Gasteiger partial charge in [0.1, 0.15) is 6.61 Å². The molecule has 4 rings (SSSR count). The number of hydrogen-bond acceptors (Lipinski definition) is 4. The zero-order valence-electron chi connectivity index (χ0n) is 21.9. The Balaban J connectivity index is 1.49. The van der Waals surface area contributed by atoms with Gasteiger partial charge in [-0.15, -0.1) is 0 Å². The van der Waals surface area contributed by atoms with E-state index in [2.05, 4.69) is 24.3 Å². The third kappa shape index (κ3) is 7.00. The molecule has 5 heteroatoms. The van der Waals surface area contributed by atoms with Gasteiger partial charge in [0.05, 0.1) is 7.11 Å². The zero-order valence-corrected chi connectivity index (χ0v) is 21.9. The van der Waals surface area contributed by atoms with Crippen LogP contribution in [0.3, 0.4) is 0 Å². The van der Waals surface area contributed by atoms with Crippen LogP contribution in [0.4, 0.5) is 4.79 Å². The van der Waals surface area contributed by atoms with Gasteiger partial charge in [-0.3, -0.25) is 4.79 Å². The van der Waals surface area contributed by atoms with Crippen molar-refractivity contribution in [2.75, 3.05) is 7.11 Å². The van der Waals surface area contributed by atoms with Gasteiger partial charge in [0.2, 0.25) is 0 Å². The first-order valence-electron chi connectivity index (χ1n) is 13.1. The van der Waals surface area contributed by atoms with E-state index < -0.39 is 0 Å². The monoisotopic (exact) mass is 499 g/mol. The normalized spacial score (nSPS) is 19.1. The molecule has 0 N–H and O–H groups in total. The van der Waals surface area contributed by atoms with Crippen molar-refractivity contribution in [3.63, 3.8) is 0 Å². The van der Waals surface area contributed by atoms with Crippen LogP contribution in [0.1, 0.15) is 60.8 Å². The molecule has 0 unspecified atom stereocenters. The summed E-state index contributed by atoms with van der Waals surface area (Å²) in [7, 11) is 1.44. The van der Waals surface area contributed by atoms with Crippen molar-refractivity contribution in [1.29, 1.82) is 0 Å². The van der Waals surface area contributed by atoms with Crippen molar-refractivity contribution in [1.82, 2.24) is 4.90 Å². The average molecular weight is 500 g/mol. The number of hydrogen-bond donors (Lipinski definition) is 0. The van der Waals surface area contributed by atoms with E-state index >= 15 is 0 Å². The summed E-state index contributed by atoms with van der Waals surface area (Å²) in [6, 6.07) is 28.7. The number of carbonyl (C=O) groups is 2. The number of carbonyl (C=O) groups excluding carboxylic acids is 2. The first kappa shape index (κ1) is 26.5. The lowest BCUT2D eigenvalue weighted by molar-refractivity contribution is -0.141. The van der Waals surface area contributed by atoms with Crippen LogP contribution in [0.15, 0.2) is 84.9 Å². The smallest absolute Gasteiger partial charge is 0.410 e. The van der Waals surface area contributed by atoms with Crippen LogP contribution in [0.2, 0.25) is 0 Å². The van der Waals surface area contributed by atoms with Gasteiger partial charge in [-0.05, 0) is 61.1 Å². The maximum absolute atomic E-state index is 13.4. The number of esters is 1. The van der Waals surface area contributed by atoms with Crippen molar-refractivity contribution in [3.05, 3.63) is 107 Å². The van der Waals surface area contributed by atoms with Crippen LogP contribution in [0, 0.1) is 6.92 Å². The third-order valence-corrected chi connectivity index (χ3v) is 7.69. The second-order valence-electron chi connectivity index (χ2n) is 10.1. The number of amides is 1. The average Bonchev–Trinajstić information content (AvgIpc) is 2.95. The summed E-state index contributed by atoms with van der Waals surface area (Å²) in [4.78, 5) is 27.3. The summed E-state index contributed by atoms with van der Waals surface area (Å²) < 4.78 is 10.8. The second-order valence-corrected chi connectivity index (χ2v) is 10.1. The van der Waals surface area contributed by atoms with Crippen molar-refractivity contribution in [2.45, 2.75) is 70.1 Å².